The van der Waals surface area contributed by atoms with E-state index in [1.54, 1.807) is 18.3 Å². The van der Waals surface area contributed by atoms with E-state index in [1.807, 2.05) is 62.4 Å². The molecule has 2 aromatic rings. The number of nitrogens with zero attached hydrogens (tertiary/aromatic N) is 1. The number of pyridine rings is 1. The van der Waals surface area contributed by atoms with Crippen LogP contribution >= 0.6 is 0 Å². The largest absolute Gasteiger partial charge is 0.478 e. The highest BCUT2D eigenvalue weighted by atomic mass is 16.4. The van der Waals surface area contributed by atoms with Gasteiger partial charge in [0.1, 0.15) is 0 Å². The molecule has 0 fully saturated rings. The van der Waals surface area contributed by atoms with Crippen LogP contribution in [-0.4, -0.2) is 22.0 Å². The number of carboxylic acid groups (broad SMARTS) is 1. The van der Waals surface area contributed by atoms with Crippen molar-refractivity contribution < 1.29 is 14.7 Å². The quantitative estimate of drug-likeness (QED) is 0.291. The average Bonchev–Trinajstić information content (AvgIpc) is 2.84. The smallest absolute Gasteiger partial charge is 0.335 e. The van der Waals surface area contributed by atoms with Crippen molar-refractivity contribution in [3.63, 3.8) is 0 Å². The molecule has 5 nitrogen and oxygen atoms in total. The molecule has 0 saturated carbocycles. The summed E-state index contributed by atoms with van der Waals surface area (Å²) in [4.78, 5) is 28.1. The lowest BCUT2D eigenvalue weighted by Gasteiger charge is -2.37. The first-order valence-electron chi connectivity index (χ1n) is 12.5. The summed E-state index contributed by atoms with van der Waals surface area (Å²) in [7, 11) is 0. The number of carboxylic acids is 1. The van der Waals surface area contributed by atoms with Gasteiger partial charge >= 0.3 is 5.97 Å². The van der Waals surface area contributed by atoms with Crippen molar-refractivity contribution in [2.45, 2.75) is 53.4 Å². The van der Waals surface area contributed by atoms with Crippen molar-refractivity contribution in [2.75, 3.05) is 5.32 Å². The van der Waals surface area contributed by atoms with Gasteiger partial charge in [-0.15, -0.1) is 0 Å². The van der Waals surface area contributed by atoms with Gasteiger partial charge in [-0.2, -0.15) is 0 Å². The maximum atomic E-state index is 12.2. The molecule has 3 rings (SSSR count). The minimum Gasteiger partial charge on any atom is -0.478 e. The summed E-state index contributed by atoms with van der Waals surface area (Å²) in [5.74, 6) is -0.989. The van der Waals surface area contributed by atoms with Crippen molar-refractivity contribution in [3.8, 4) is 0 Å². The normalized spacial score (nSPS) is 18.5. The zero-order chi connectivity index (χ0) is 27.0. The van der Waals surface area contributed by atoms with Crippen molar-refractivity contribution in [1.29, 1.82) is 0 Å². The Kier molecular flexibility index (Phi) is 9.18. The average molecular weight is 497 g/mol. The molecule has 0 radical (unpaired) electrons. The van der Waals surface area contributed by atoms with E-state index in [9.17, 15) is 14.7 Å². The second-order valence-corrected chi connectivity index (χ2v) is 10.2. The Morgan fingerprint density at radius 3 is 2.51 bits per heavy atom. The summed E-state index contributed by atoms with van der Waals surface area (Å²) in [5, 5.41) is 12.2. The number of para-hydroxylation sites is 1. The molecule has 1 atom stereocenters. The van der Waals surface area contributed by atoms with E-state index in [0.717, 1.165) is 35.4 Å². The Labute approximate surface area is 220 Å². The molecule has 2 N–H and O–H groups in total. The minimum absolute atomic E-state index is 0.0169. The number of hydrogen-bond acceptors (Lipinski definition) is 3. The van der Waals surface area contributed by atoms with Crippen LogP contribution in [0.2, 0.25) is 0 Å². The number of rotatable bonds is 8. The lowest BCUT2D eigenvalue weighted by molar-refractivity contribution is -0.111. The highest BCUT2D eigenvalue weighted by molar-refractivity contribution is 5.99. The number of hydrogen-bond donors (Lipinski definition) is 2. The van der Waals surface area contributed by atoms with Crippen LogP contribution in [-0.2, 0) is 4.79 Å². The van der Waals surface area contributed by atoms with Crippen molar-refractivity contribution in [3.05, 3.63) is 119 Å². The van der Waals surface area contributed by atoms with Crippen LogP contribution in [0, 0.1) is 5.41 Å². The number of aromatic nitrogens is 1. The molecule has 0 bridgehead atoms. The fraction of sp³-hybridized carbons (Fsp3) is 0.281. The topological polar surface area (TPSA) is 79.3 Å². The highest BCUT2D eigenvalue weighted by Gasteiger charge is 2.33. The third-order valence-corrected chi connectivity index (χ3v) is 6.75. The molecule has 0 aliphatic heterocycles. The van der Waals surface area contributed by atoms with Crippen molar-refractivity contribution >= 4 is 17.6 Å². The monoisotopic (exact) mass is 496 g/mol. The van der Waals surface area contributed by atoms with Gasteiger partial charge in [0.2, 0.25) is 5.91 Å². The SMILES string of the molecule is CC1=C(/C=C/C(C)=C/C=C/C(C)=C\C(=O)Nc2ccccc2)C(C)(C)CCC1c1cc(C(=O)O)ccn1. The van der Waals surface area contributed by atoms with Gasteiger partial charge < -0.3 is 10.4 Å². The fourth-order valence-corrected chi connectivity index (χ4v) is 4.65. The molecule has 1 unspecified atom stereocenters. The first kappa shape index (κ1) is 27.6. The molecular formula is C32H36N2O3. The van der Waals surface area contributed by atoms with Crippen LogP contribution in [0.4, 0.5) is 5.69 Å². The van der Waals surface area contributed by atoms with E-state index < -0.39 is 5.97 Å². The van der Waals surface area contributed by atoms with E-state index >= 15 is 0 Å². The van der Waals surface area contributed by atoms with Gasteiger partial charge in [-0.1, -0.05) is 73.6 Å². The molecule has 1 aliphatic rings. The van der Waals surface area contributed by atoms with Gasteiger partial charge in [-0.3, -0.25) is 9.78 Å². The predicted octanol–water partition coefficient (Wildman–Crippen LogP) is 7.64. The number of benzene rings is 1. The number of aromatic carboxylic acids is 1. The van der Waals surface area contributed by atoms with E-state index in [1.165, 1.54) is 17.2 Å². The molecule has 192 valence electrons. The number of anilines is 1. The molecule has 5 heteroatoms. The Balaban J connectivity index is 1.72. The first-order valence-corrected chi connectivity index (χ1v) is 12.5. The summed E-state index contributed by atoms with van der Waals surface area (Å²) < 4.78 is 0. The Morgan fingerprint density at radius 2 is 1.81 bits per heavy atom. The predicted molar refractivity (Wildman–Crippen MR) is 151 cm³/mol. The van der Waals surface area contributed by atoms with E-state index in [2.05, 4.69) is 43.2 Å². The van der Waals surface area contributed by atoms with E-state index in [4.69, 9.17) is 0 Å². The minimum atomic E-state index is -0.933. The molecular weight excluding hydrogens is 460 g/mol. The zero-order valence-corrected chi connectivity index (χ0v) is 22.3. The Morgan fingerprint density at radius 1 is 1.08 bits per heavy atom. The number of carbonyl (C=O) groups is 2. The Bertz CT molecular complexity index is 1290. The third kappa shape index (κ3) is 7.74. The molecule has 37 heavy (non-hydrogen) atoms. The lowest BCUT2D eigenvalue weighted by Crippen LogP contribution is -2.24. The number of carbonyl (C=O) groups excluding carboxylic acids is 1. The summed E-state index contributed by atoms with van der Waals surface area (Å²) >= 11 is 0. The molecule has 1 amide bonds. The van der Waals surface area contributed by atoms with Gasteiger partial charge in [-0.05, 0) is 74.4 Å². The molecule has 1 aliphatic carbocycles. The second-order valence-electron chi connectivity index (χ2n) is 10.2. The van der Waals surface area contributed by atoms with Crippen LogP contribution in [0.3, 0.4) is 0 Å². The number of amides is 1. The van der Waals surface area contributed by atoms with Crippen LogP contribution in [0.1, 0.15) is 69.4 Å². The van der Waals surface area contributed by atoms with Gasteiger partial charge in [0.15, 0.2) is 0 Å². The molecule has 1 heterocycles. The van der Waals surface area contributed by atoms with E-state index in [-0.39, 0.29) is 22.8 Å². The number of allylic oxidation sites excluding steroid dienone is 9. The molecule has 0 saturated heterocycles. The van der Waals surface area contributed by atoms with Crippen molar-refractivity contribution in [1.82, 2.24) is 4.98 Å². The van der Waals surface area contributed by atoms with Crippen LogP contribution in [0.25, 0.3) is 0 Å². The van der Waals surface area contributed by atoms with Gasteiger partial charge in [0.05, 0.1) is 5.56 Å². The van der Waals surface area contributed by atoms with Gasteiger partial charge in [0, 0.05) is 29.6 Å². The van der Waals surface area contributed by atoms with Crippen molar-refractivity contribution in [2.24, 2.45) is 5.41 Å². The molecule has 1 aromatic carbocycles. The zero-order valence-electron chi connectivity index (χ0n) is 22.3. The Hall–Kier alpha value is -3.99. The standard InChI is InChI=1S/C32H36N2O3/c1-22(10-9-11-23(2)20-30(35)34-26-12-7-6-8-13-26)14-15-28-24(3)27(16-18-32(28,4)5)29-21-25(31(36)37)17-19-33-29/h6-15,17,19-21,27H,16,18H2,1-5H3,(H,34,35)(H,36,37)/b11-9+,15-14+,22-10+,23-20-. The molecule has 0 spiro atoms. The maximum Gasteiger partial charge on any atom is 0.335 e. The summed E-state index contributed by atoms with van der Waals surface area (Å²) in [6, 6.07) is 12.6. The summed E-state index contributed by atoms with van der Waals surface area (Å²) in [5.41, 5.74) is 6.30. The van der Waals surface area contributed by atoms with Crippen LogP contribution in [0.5, 0.6) is 0 Å². The summed E-state index contributed by atoms with van der Waals surface area (Å²) in [6.45, 7) is 10.6. The van der Waals surface area contributed by atoms with Crippen LogP contribution in [0.15, 0.2) is 107 Å². The van der Waals surface area contributed by atoms with Gasteiger partial charge in [-0.25, -0.2) is 4.79 Å². The fourth-order valence-electron chi connectivity index (χ4n) is 4.65. The lowest BCUT2D eigenvalue weighted by atomic mass is 9.68. The first-order chi connectivity index (χ1) is 17.6. The third-order valence-electron chi connectivity index (χ3n) is 6.75. The second kappa shape index (κ2) is 12.3. The van der Waals surface area contributed by atoms with Crippen LogP contribution < -0.4 is 5.32 Å². The molecule has 1 aromatic heterocycles. The summed E-state index contributed by atoms with van der Waals surface area (Å²) in [6.07, 6.45) is 15.3. The highest BCUT2D eigenvalue weighted by Crippen LogP contribution is 2.46. The van der Waals surface area contributed by atoms with E-state index in [0.29, 0.717) is 0 Å². The number of nitrogens with one attached hydrogen (secondary N) is 1. The van der Waals surface area contributed by atoms with Gasteiger partial charge in [0.25, 0.3) is 0 Å². The maximum absolute atomic E-state index is 12.2.